The minimum Gasteiger partial charge on any atom is -0.496 e. The molecule has 4 fully saturated rings. The summed E-state index contributed by atoms with van der Waals surface area (Å²) < 4.78 is 23.4. The van der Waals surface area contributed by atoms with Gasteiger partial charge in [0.05, 0.1) is 29.4 Å². The molecule has 4 aliphatic carbocycles. The van der Waals surface area contributed by atoms with E-state index in [4.69, 9.17) is 46.7 Å². The predicted octanol–water partition coefficient (Wildman–Crippen LogP) is 7.31. The van der Waals surface area contributed by atoms with Gasteiger partial charge in [-0.05, 0) is 69.1 Å². The van der Waals surface area contributed by atoms with E-state index in [1.165, 1.54) is 13.2 Å². The molecule has 1 N–H and O–H groups in total. The van der Waals surface area contributed by atoms with E-state index < -0.39 is 5.97 Å². The van der Waals surface area contributed by atoms with Gasteiger partial charge in [-0.1, -0.05) is 33.5 Å². The number of hydrogen-bond acceptors (Lipinski definition) is 9. The second kappa shape index (κ2) is 10.7. The zero-order valence-electron chi connectivity index (χ0n) is 22.8. The van der Waals surface area contributed by atoms with E-state index in [1.807, 2.05) is 0 Å². The number of methoxy groups -OCH3 is 1. The smallest absolute Gasteiger partial charge is 0.339 e. The maximum Gasteiger partial charge on any atom is 0.339 e. The van der Waals surface area contributed by atoms with Crippen molar-refractivity contribution in [3.8, 4) is 28.5 Å². The number of nitrogens with zero attached hydrogens (tertiary/aromatic N) is 4. The van der Waals surface area contributed by atoms with Gasteiger partial charge in [0.2, 0.25) is 0 Å². The van der Waals surface area contributed by atoms with Gasteiger partial charge >= 0.3 is 5.97 Å². The number of carbonyl (C=O) groups is 1. The Balaban J connectivity index is 1.13. The van der Waals surface area contributed by atoms with Crippen LogP contribution in [0.5, 0.6) is 5.75 Å². The highest BCUT2D eigenvalue weighted by Crippen LogP contribution is 2.54. The molecule has 0 aliphatic heterocycles. The normalized spacial score (nSPS) is 23.3. The van der Waals surface area contributed by atoms with Crippen molar-refractivity contribution in [1.29, 1.82) is 0 Å². The molecule has 218 valence electrons. The van der Waals surface area contributed by atoms with Crippen LogP contribution in [-0.2, 0) is 11.3 Å². The topological polar surface area (TPSA) is 134 Å². The molecule has 10 nitrogen and oxygen atoms in total. The summed E-state index contributed by atoms with van der Waals surface area (Å²) in [4.78, 5) is 20.5. The molecule has 42 heavy (non-hydrogen) atoms. The molecule has 3 aromatic heterocycles. The first-order chi connectivity index (χ1) is 20.4. The third-order valence-corrected chi connectivity index (χ3v) is 9.51. The van der Waals surface area contributed by atoms with E-state index in [0.29, 0.717) is 51.1 Å². The van der Waals surface area contributed by atoms with Gasteiger partial charge in [-0.15, -0.1) is 0 Å². The molecule has 1 unspecified atom stereocenters. The number of halogens is 2. The van der Waals surface area contributed by atoms with Crippen LogP contribution >= 0.6 is 23.2 Å². The molecule has 4 aromatic rings. The quantitative estimate of drug-likeness (QED) is 0.205. The van der Waals surface area contributed by atoms with Crippen LogP contribution in [0.2, 0.25) is 10.0 Å². The van der Waals surface area contributed by atoms with E-state index >= 15 is 0 Å². The first-order valence-electron chi connectivity index (χ1n) is 14.0. The maximum atomic E-state index is 11.7. The Hall–Kier alpha value is -3.47. The molecule has 1 aromatic carbocycles. The van der Waals surface area contributed by atoms with Gasteiger partial charge in [-0.25, -0.2) is 4.79 Å². The number of ether oxygens (including phenoxy) is 2. The fourth-order valence-electron chi connectivity index (χ4n) is 6.54. The van der Waals surface area contributed by atoms with E-state index in [2.05, 4.69) is 15.3 Å². The van der Waals surface area contributed by atoms with Gasteiger partial charge in [0.15, 0.2) is 5.82 Å². The lowest BCUT2D eigenvalue weighted by Gasteiger charge is -2.49. The van der Waals surface area contributed by atoms with Crippen LogP contribution in [-0.4, -0.2) is 44.1 Å². The fourth-order valence-corrected chi connectivity index (χ4v) is 7.09. The summed E-state index contributed by atoms with van der Waals surface area (Å²) in [5.74, 6) is 1.74. The largest absolute Gasteiger partial charge is 0.496 e. The number of benzene rings is 1. The molecule has 3 heterocycles. The lowest BCUT2D eigenvalue weighted by Crippen LogP contribution is -2.46. The van der Waals surface area contributed by atoms with Crippen molar-refractivity contribution in [3.63, 3.8) is 0 Å². The molecule has 4 saturated carbocycles. The van der Waals surface area contributed by atoms with Gasteiger partial charge in [0, 0.05) is 40.9 Å². The van der Waals surface area contributed by atoms with Crippen LogP contribution < -0.4 is 4.74 Å². The van der Waals surface area contributed by atoms with Crippen LogP contribution in [0.15, 0.2) is 39.6 Å². The highest BCUT2D eigenvalue weighted by Gasteiger charge is 2.49. The van der Waals surface area contributed by atoms with Crippen molar-refractivity contribution in [2.75, 3.05) is 7.11 Å². The molecule has 0 spiro atoms. The van der Waals surface area contributed by atoms with Crippen molar-refractivity contribution < 1.29 is 28.4 Å². The number of rotatable bonds is 9. The van der Waals surface area contributed by atoms with Gasteiger partial charge in [0.1, 0.15) is 22.8 Å². The molecule has 1 atom stereocenters. The van der Waals surface area contributed by atoms with Gasteiger partial charge in [-0.3, -0.25) is 4.98 Å². The summed E-state index contributed by atoms with van der Waals surface area (Å²) >= 11 is 13.0. The van der Waals surface area contributed by atoms with Crippen molar-refractivity contribution in [1.82, 2.24) is 20.3 Å². The van der Waals surface area contributed by atoms with Gasteiger partial charge in [-0.2, -0.15) is 4.98 Å². The molecule has 8 rings (SSSR count). The molecule has 2 bridgehead atoms. The molecular formula is C30H28Cl2N4O6. The Morgan fingerprint density at radius 1 is 1.10 bits per heavy atom. The van der Waals surface area contributed by atoms with E-state index in [9.17, 15) is 9.90 Å². The lowest BCUT2D eigenvalue weighted by atomic mass is 9.62. The number of hydrogen-bond donors (Lipinski definition) is 1. The van der Waals surface area contributed by atoms with Crippen LogP contribution in [0.1, 0.15) is 84.3 Å². The Morgan fingerprint density at radius 2 is 1.86 bits per heavy atom. The summed E-state index contributed by atoms with van der Waals surface area (Å²) in [6, 6.07) is 4.80. The van der Waals surface area contributed by atoms with Crippen molar-refractivity contribution in [2.45, 2.75) is 69.0 Å². The lowest BCUT2D eigenvalue weighted by molar-refractivity contribution is -0.128. The zero-order valence-corrected chi connectivity index (χ0v) is 24.3. The van der Waals surface area contributed by atoms with E-state index in [-0.39, 0.29) is 28.7 Å². The highest BCUT2D eigenvalue weighted by atomic mass is 35.5. The Bertz CT molecular complexity index is 1640. The monoisotopic (exact) mass is 610 g/mol. The Kier molecular flexibility index (Phi) is 6.95. The van der Waals surface area contributed by atoms with Crippen LogP contribution in [0.4, 0.5) is 0 Å². The van der Waals surface area contributed by atoms with Crippen molar-refractivity contribution in [3.05, 3.63) is 63.3 Å². The van der Waals surface area contributed by atoms with E-state index in [1.54, 1.807) is 24.5 Å². The second-order valence-electron chi connectivity index (χ2n) is 11.4. The molecule has 12 heteroatoms. The molecule has 0 saturated heterocycles. The van der Waals surface area contributed by atoms with Gasteiger partial charge in [0.25, 0.3) is 5.89 Å². The summed E-state index contributed by atoms with van der Waals surface area (Å²) in [6.45, 7) is 0.332. The summed E-state index contributed by atoms with van der Waals surface area (Å²) in [6.07, 6.45) is 9.84. The van der Waals surface area contributed by atoms with Crippen LogP contribution in [0.3, 0.4) is 0 Å². The Morgan fingerprint density at radius 3 is 2.55 bits per heavy atom. The first kappa shape index (κ1) is 27.4. The standard InChI is InChI=1S/C30H28Cl2N4O6/c1-39-23-5-4-17(10-18(23)29(37)38)28-34-27(36-42-28)19-11-30(8-6-15(19)7-9-30)40-14-20-25(35-41-26(20)16-2-3-16)24-21(31)12-33-13-22(24)32/h4-5,10,12-13,15-16,19H,2-3,6-9,11,14H2,1H3,(H,37,38). The van der Waals surface area contributed by atoms with Crippen LogP contribution in [0.25, 0.3) is 22.7 Å². The maximum absolute atomic E-state index is 11.7. The SMILES string of the molecule is COc1ccc(-c2nc(C3CC4(OCc5c(-c6c(Cl)cncc6Cl)noc5C5CC5)CCC3CC4)no2)cc1C(=O)O. The van der Waals surface area contributed by atoms with Gasteiger partial charge < -0.3 is 23.6 Å². The third-order valence-electron chi connectivity index (χ3n) is 8.93. The second-order valence-corrected chi connectivity index (χ2v) is 12.2. The summed E-state index contributed by atoms with van der Waals surface area (Å²) in [7, 11) is 1.43. The number of aromatic nitrogens is 4. The number of fused-ring (bicyclic) bond motifs is 3. The predicted molar refractivity (Wildman–Crippen MR) is 152 cm³/mol. The number of aromatic carboxylic acids is 1. The minimum atomic E-state index is -1.09. The van der Waals surface area contributed by atoms with E-state index in [0.717, 1.165) is 56.3 Å². The fraction of sp³-hybridized carbons (Fsp3) is 0.433. The first-order valence-corrected chi connectivity index (χ1v) is 14.8. The number of carboxylic acid groups (broad SMARTS) is 1. The van der Waals surface area contributed by atoms with Crippen molar-refractivity contribution >= 4 is 29.2 Å². The average molecular weight is 611 g/mol. The Labute approximate surface area is 251 Å². The molecular weight excluding hydrogens is 583 g/mol. The van der Waals surface area contributed by atoms with Crippen LogP contribution in [0, 0.1) is 5.92 Å². The molecule has 0 radical (unpaired) electrons. The highest BCUT2D eigenvalue weighted by molar-refractivity contribution is 6.38. The zero-order chi connectivity index (χ0) is 29.0. The molecule has 4 aliphatic rings. The summed E-state index contributed by atoms with van der Waals surface area (Å²) in [5, 5.41) is 19.1. The average Bonchev–Trinajstić information content (AvgIpc) is 3.57. The summed E-state index contributed by atoms with van der Waals surface area (Å²) in [5.41, 5.74) is 2.32. The minimum absolute atomic E-state index is 0.0341. The van der Waals surface area contributed by atoms with Crippen molar-refractivity contribution in [2.24, 2.45) is 5.92 Å². The third kappa shape index (κ3) is 4.85. The number of pyridine rings is 1. The number of carboxylic acids is 1. The molecule has 0 amide bonds.